The number of aromatic hydroxyl groups is 1. The van der Waals surface area contributed by atoms with Crippen LogP contribution >= 0.6 is 0 Å². The Morgan fingerprint density at radius 3 is 2.67 bits per heavy atom. The first-order valence-electron chi connectivity index (χ1n) is 4.51. The molecule has 5 heteroatoms. The van der Waals surface area contributed by atoms with Crippen molar-refractivity contribution in [2.45, 2.75) is 19.9 Å². The minimum atomic E-state index is -0.552. The molecule has 0 saturated heterocycles. The van der Waals surface area contributed by atoms with Gasteiger partial charge in [0.05, 0.1) is 11.0 Å². The van der Waals surface area contributed by atoms with Crippen molar-refractivity contribution in [1.82, 2.24) is 0 Å². The van der Waals surface area contributed by atoms with Gasteiger partial charge in [0.1, 0.15) is 5.75 Å². The van der Waals surface area contributed by atoms with E-state index >= 15 is 0 Å². The van der Waals surface area contributed by atoms with E-state index in [0.29, 0.717) is 5.56 Å². The number of nitro benzene ring substituents is 1. The largest absolute Gasteiger partial charge is 0.507 e. The lowest BCUT2D eigenvalue weighted by Gasteiger charge is -1.99. The fourth-order valence-corrected chi connectivity index (χ4v) is 0.984. The molecule has 1 N–H and O–H groups in total. The van der Waals surface area contributed by atoms with Gasteiger partial charge in [0, 0.05) is 23.9 Å². The van der Waals surface area contributed by atoms with Crippen LogP contribution in [0.15, 0.2) is 23.2 Å². The van der Waals surface area contributed by atoms with Gasteiger partial charge in [-0.15, -0.1) is 0 Å². The van der Waals surface area contributed by atoms with Gasteiger partial charge in [-0.2, -0.15) is 0 Å². The Labute approximate surface area is 87.2 Å². The van der Waals surface area contributed by atoms with Gasteiger partial charge in [-0.1, -0.05) is 0 Å². The van der Waals surface area contributed by atoms with Gasteiger partial charge >= 0.3 is 0 Å². The monoisotopic (exact) mass is 208 g/mol. The van der Waals surface area contributed by atoms with Crippen molar-refractivity contribution in [1.29, 1.82) is 0 Å². The van der Waals surface area contributed by atoms with Crippen LogP contribution in [0.4, 0.5) is 5.69 Å². The van der Waals surface area contributed by atoms with Crippen LogP contribution in [0.5, 0.6) is 5.75 Å². The maximum absolute atomic E-state index is 10.4. The fraction of sp³-hybridized carbons (Fsp3) is 0.300. The minimum Gasteiger partial charge on any atom is -0.507 e. The second-order valence-corrected chi connectivity index (χ2v) is 3.37. The molecule has 0 heterocycles. The number of nitro groups is 1. The molecule has 15 heavy (non-hydrogen) atoms. The quantitative estimate of drug-likeness (QED) is 0.469. The van der Waals surface area contributed by atoms with Gasteiger partial charge in [-0.25, -0.2) is 0 Å². The van der Waals surface area contributed by atoms with E-state index in [2.05, 4.69) is 4.99 Å². The highest BCUT2D eigenvalue weighted by Crippen LogP contribution is 2.21. The standard InChI is InChI=1S/C10H12N2O3/c1-7(2)11-6-8-3-4-9(12(14)15)5-10(8)13/h3-7,13H,1-2H3. The van der Waals surface area contributed by atoms with Crippen LogP contribution in [0.25, 0.3) is 0 Å². The van der Waals surface area contributed by atoms with Crippen LogP contribution in [0.3, 0.4) is 0 Å². The molecule has 1 aromatic rings. The molecule has 0 fully saturated rings. The number of non-ortho nitro benzene ring substituents is 1. The molecule has 80 valence electrons. The fourth-order valence-electron chi connectivity index (χ4n) is 0.984. The smallest absolute Gasteiger partial charge is 0.273 e. The topological polar surface area (TPSA) is 75.7 Å². The normalized spacial score (nSPS) is 11.1. The molecular weight excluding hydrogens is 196 g/mol. The molecule has 0 bridgehead atoms. The zero-order valence-electron chi connectivity index (χ0n) is 8.54. The summed E-state index contributed by atoms with van der Waals surface area (Å²) < 4.78 is 0. The van der Waals surface area contributed by atoms with E-state index in [-0.39, 0.29) is 17.5 Å². The summed E-state index contributed by atoms with van der Waals surface area (Å²) in [4.78, 5) is 13.9. The first-order chi connectivity index (χ1) is 7.00. The zero-order chi connectivity index (χ0) is 11.4. The molecule has 1 rings (SSSR count). The highest BCUT2D eigenvalue weighted by molar-refractivity contribution is 5.84. The Bertz CT molecular complexity index is 400. The Morgan fingerprint density at radius 1 is 1.53 bits per heavy atom. The lowest BCUT2D eigenvalue weighted by Crippen LogP contribution is -1.92. The molecule has 0 radical (unpaired) electrons. The number of nitrogens with zero attached hydrogens (tertiary/aromatic N) is 2. The van der Waals surface area contributed by atoms with Crippen molar-refractivity contribution >= 4 is 11.9 Å². The number of hydrogen-bond donors (Lipinski definition) is 1. The zero-order valence-corrected chi connectivity index (χ0v) is 8.54. The van der Waals surface area contributed by atoms with Gasteiger partial charge in [0.2, 0.25) is 0 Å². The van der Waals surface area contributed by atoms with Crippen molar-refractivity contribution in [2.75, 3.05) is 0 Å². The number of hydrogen-bond acceptors (Lipinski definition) is 4. The summed E-state index contributed by atoms with van der Waals surface area (Å²) >= 11 is 0. The van der Waals surface area contributed by atoms with Crippen molar-refractivity contribution in [3.8, 4) is 5.75 Å². The summed E-state index contributed by atoms with van der Waals surface area (Å²) in [5.41, 5.74) is 0.350. The molecule has 0 spiro atoms. The van der Waals surface area contributed by atoms with Gasteiger partial charge < -0.3 is 5.11 Å². The number of aliphatic imine (C=N–C) groups is 1. The van der Waals surface area contributed by atoms with E-state index in [4.69, 9.17) is 0 Å². The molecule has 0 amide bonds. The predicted octanol–water partition coefficient (Wildman–Crippen LogP) is 2.13. The van der Waals surface area contributed by atoms with Gasteiger partial charge in [0.15, 0.2) is 0 Å². The van der Waals surface area contributed by atoms with Crippen LogP contribution in [-0.4, -0.2) is 22.3 Å². The number of phenols is 1. The first kappa shape index (κ1) is 11.2. The predicted molar refractivity (Wildman–Crippen MR) is 57.5 cm³/mol. The van der Waals surface area contributed by atoms with Gasteiger partial charge in [0.25, 0.3) is 5.69 Å². The highest BCUT2D eigenvalue weighted by Gasteiger charge is 2.08. The summed E-state index contributed by atoms with van der Waals surface area (Å²) in [5, 5.41) is 19.8. The van der Waals surface area contributed by atoms with Crippen LogP contribution in [0.1, 0.15) is 19.4 Å². The van der Waals surface area contributed by atoms with Crippen molar-refractivity contribution in [3.05, 3.63) is 33.9 Å². The van der Waals surface area contributed by atoms with Crippen LogP contribution in [-0.2, 0) is 0 Å². The second kappa shape index (κ2) is 4.54. The number of benzene rings is 1. The lowest BCUT2D eigenvalue weighted by molar-refractivity contribution is -0.384. The molecule has 0 atom stereocenters. The third kappa shape index (κ3) is 3.05. The van der Waals surface area contributed by atoms with Crippen molar-refractivity contribution in [3.63, 3.8) is 0 Å². The van der Waals surface area contributed by atoms with Crippen LogP contribution < -0.4 is 0 Å². The Balaban J connectivity index is 2.98. The molecule has 0 unspecified atom stereocenters. The first-order valence-corrected chi connectivity index (χ1v) is 4.51. The summed E-state index contributed by atoms with van der Waals surface area (Å²) in [6.07, 6.45) is 1.50. The molecule has 0 saturated carbocycles. The van der Waals surface area contributed by atoms with E-state index in [1.54, 1.807) is 0 Å². The SMILES string of the molecule is CC(C)N=Cc1ccc([N+](=O)[O-])cc1O. The highest BCUT2D eigenvalue weighted by atomic mass is 16.6. The third-order valence-electron chi connectivity index (χ3n) is 1.74. The van der Waals surface area contributed by atoms with Crippen LogP contribution in [0.2, 0.25) is 0 Å². The molecule has 5 nitrogen and oxygen atoms in total. The van der Waals surface area contributed by atoms with E-state index in [1.807, 2.05) is 13.8 Å². The summed E-state index contributed by atoms with van der Waals surface area (Å²) in [7, 11) is 0. The van der Waals surface area contributed by atoms with E-state index < -0.39 is 4.92 Å². The maximum Gasteiger partial charge on any atom is 0.273 e. The van der Waals surface area contributed by atoms with Gasteiger partial charge in [-0.3, -0.25) is 15.1 Å². The molecule has 0 aliphatic rings. The Morgan fingerprint density at radius 2 is 2.20 bits per heavy atom. The van der Waals surface area contributed by atoms with E-state index in [9.17, 15) is 15.2 Å². The molecule has 0 aliphatic carbocycles. The molecule has 0 aliphatic heterocycles. The average molecular weight is 208 g/mol. The maximum atomic E-state index is 10.4. The summed E-state index contributed by atoms with van der Waals surface area (Å²) in [6.45, 7) is 3.80. The number of phenolic OH excluding ortho intramolecular Hbond substituents is 1. The Hall–Kier alpha value is -1.91. The van der Waals surface area contributed by atoms with Gasteiger partial charge in [-0.05, 0) is 19.9 Å². The van der Waals surface area contributed by atoms with E-state index in [1.165, 1.54) is 18.3 Å². The Kier molecular flexibility index (Phi) is 3.38. The molecular formula is C10H12N2O3. The molecule has 0 aromatic heterocycles. The summed E-state index contributed by atoms with van der Waals surface area (Å²) in [5.74, 6) is -0.131. The average Bonchev–Trinajstić information content (AvgIpc) is 2.15. The lowest BCUT2D eigenvalue weighted by atomic mass is 10.2. The van der Waals surface area contributed by atoms with Crippen LogP contribution in [0, 0.1) is 10.1 Å². The van der Waals surface area contributed by atoms with Crippen molar-refractivity contribution < 1.29 is 10.0 Å². The second-order valence-electron chi connectivity index (χ2n) is 3.37. The van der Waals surface area contributed by atoms with Crippen molar-refractivity contribution in [2.24, 2.45) is 4.99 Å². The number of rotatable bonds is 3. The molecule has 1 aromatic carbocycles. The third-order valence-corrected chi connectivity index (χ3v) is 1.74. The minimum absolute atomic E-state index is 0.125. The van der Waals surface area contributed by atoms with E-state index in [0.717, 1.165) is 6.07 Å². The summed E-state index contributed by atoms with van der Waals surface area (Å²) in [6, 6.07) is 4.04.